The summed E-state index contributed by atoms with van der Waals surface area (Å²) in [6, 6.07) is 4.53. The van der Waals surface area contributed by atoms with Crippen LogP contribution in [0.3, 0.4) is 0 Å². The second kappa shape index (κ2) is 6.79. The van der Waals surface area contributed by atoms with E-state index in [9.17, 15) is 18.0 Å². The Bertz CT molecular complexity index is 832. The van der Waals surface area contributed by atoms with Gasteiger partial charge in [-0.25, -0.2) is 8.42 Å². The highest BCUT2D eigenvalue weighted by Crippen LogP contribution is 2.47. The Kier molecular flexibility index (Phi) is 4.83. The Labute approximate surface area is 152 Å². The first-order chi connectivity index (χ1) is 12.3. The number of rotatable bonds is 6. The molecule has 142 valence electrons. The standard InChI is InChI=1S/C17H22N2O6S/c1-24-13-4-3-11(9-14(13)25-2)18-15(20)17(6-7-17)16(21)19-12-5-8-26(22,23)10-12/h3-4,9,12H,5-8,10H2,1-2H3,(H,18,20)(H,19,21). The third kappa shape index (κ3) is 3.62. The third-order valence-corrected chi connectivity index (χ3v) is 6.60. The van der Waals surface area contributed by atoms with Crippen molar-refractivity contribution in [2.45, 2.75) is 25.3 Å². The minimum absolute atomic E-state index is 0.0634. The van der Waals surface area contributed by atoms with Crippen molar-refractivity contribution in [3.63, 3.8) is 0 Å². The summed E-state index contributed by atoms with van der Waals surface area (Å²) in [6.45, 7) is 0. The summed E-state index contributed by atoms with van der Waals surface area (Å²) < 4.78 is 33.4. The minimum Gasteiger partial charge on any atom is -0.493 e. The number of amides is 2. The number of ether oxygens (including phenoxy) is 2. The molecule has 2 aliphatic rings. The molecular formula is C17H22N2O6S. The molecule has 2 fully saturated rings. The maximum atomic E-state index is 12.6. The first-order valence-electron chi connectivity index (χ1n) is 8.34. The lowest BCUT2D eigenvalue weighted by molar-refractivity contribution is -0.134. The first kappa shape index (κ1) is 18.5. The van der Waals surface area contributed by atoms with Crippen molar-refractivity contribution < 1.29 is 27.5 Å². The van der Waals surface area contributed by atoms with Crippen molar-refractivity contribution in [3.8, 4) is 11.5 Å². The van der Waals surface area contributed by atoms with Gasteiger partial charge in [-0.05, 0) is 31.4 Å². The molecule has 8 nitrogen and oxygen atoms in total. The van der Waals surface area contributed by atoms with E-state index < -0.39 is 33.1 Å². The van der Waals surface area contributed by atoms with Gasteiger partial charge in [0.1, 0.15) is 5.41 Å². The molecule has 1 saturated carbocycles. The molecule has 1 atom stereocenters. The van der Waals surface area contributed by atoms with Crippen LogP contribution in [0.15, 0.2) is 18.2 Å². The van der Waals surface area contributed by atoms with E-state index in [2.05, 4.69) is 10.6 Å². The molecule has 0 spiro atoms. The molecule has 0 radical (unpaired) electrons. The van der Waals surface area contributed by atoms with Crippen LogP contribution in [0.5, 0.6) is 11.5 Å². The van der Waals surface area contributed by atoms with Crippen molar-refractivity contribution in [2.75, 3.05) is 31.0 Å². The summed E-state index contributed by atoms with van der Waals surface area (Å²) in [5, 5.41) is 5.46. The smallest absolute Gasteiger partial charge is 0.240 e. The SMILES string of the molecule is COc1ccc(NC(=O)C2(C(=O)NC3CCS(=O)(=O)C3)CC2)cc1OC. The van der Waals surface area contributed by atoms with Crippen LogP contribution < -0.4 is 20.1 Å². The van der Waals surface area contributed by atoms with Gasteiger partial charge < -0.3 is 20.1 Å². The molecule has 26 heavy (non-hydrogen) atoms. The van der Waals surface area contributed by atoms with Gasteiger partial charge in [0.15, 0.2) is 21.3 Å². The number of nitrogens with one attached hydrogen (secondary N) is 2. The van der Waals surface area contributed by atoms with Crippen molar-refractivity contribution in [3.05, 3.63) is 18.2 Å². The average Bonchev–Trinajstić information content (AvgIpc) is 3.35. The van der Waals surface area contributed by atoms with Crippen LogP contribution in [0.1, 0.15) is 19.3 Å². The summed E-state index contributed by atoms with van der Waals surface area (Å²) >= 11 is 0. The molecular weight excluding hydrogens is 360 g/mol. The summed E-state index contributed by atoms with van der Waals surface area (Å²) in [7, 11) is -0.0786. The normalized spacial score (nSPS) is 22.3. The van der Waals surface area contributed by atoms with E-state index >= 15 is 0 Å². The number of carbonyl (C=O) groups is 2. The van der Waals surface area contributed by atoms with Crippen molar-refractivity contribution >= 4 is 27.3 Å². The van der Waals surface area contributed by atoms with Crippen LogP contribution in [0.4, 0.5) is 5.69 Å². The second-order valence-corrected chi connectivity index (χ2v) is 8.91. The van der Waals surface area contributed by atoms with Gasteiger partial charge in [0.2, 0.25) is 11.8 Å². The number of hydrogen-bond acceptors (Lipinski definition) is 6. The number of sulfone groups is 1. The molecule has 1 aromatic carbocycles. The molecule has 9 heteroatoms. The number of benzene rings is 1. The van der Waals surface area contributed by atoms with Crippen LogP contribution in [-0.2, 0) is 19.4 Å². The van der Waals surface area contributed by atoms with Crippen molar-refractivity contribution in [1.29, 1.82) is 0 Å². The zero-order valence-electron chi connectivity index (χ0n) is 14.7. The summed E-state index contributed by atoms with van der Waals surface area (Å²) in [6.07, 6.45) is 1.27. The first-order valence-corrected chi connectivity index (χ1v) is 10.2. The Hall–Kier alpha value is -2.29. The second-order valence-electron chi connectivity index (χ2n) is 6.68. The van der Waals surface area contributed by atoms with Gasteiger partial charge in [0, 0.05) is 17.8 Å². The molecule has 1 heterocycles. The van der Waals surface area contributed by atoms with E-state index in [1.54, 1.807) is 18.2 Å². The fourth-order valence-electron chi connectivity index (χ4n) is 3.08. The predicted molar refractivity (Wildman–Crippen MR) is 95.0 cm³/mol. The van der Waals surface area contributed by atoms with Gasteiger partial charge in [-0.2, -0.15) is 0 Å². The average molecular weight is 382 g/mol. The lowest BCUT2D eigenvalue weighted by atomic mass is 10.0. The van der Waals surface area contributed by atoms with Crippen LogP contribution in [0.25, 0.3) is 0 Å². The van der Waals surface area contributed by atoms with Crippen molar-refractivity contribution in [2.24, 2.45) is 5.41 Å². The van der Waals surface area contributed by atoms with Crippen LogP contribution in [0, 0.1) is 5.41 Å². The molecule has 2 N–H and O–H groups in total. The third-order valence-electron chi connectivity index (χ3n) is 4.83. The summed E-state index contributed by atoms with van der Waals surface area (Å²) in [5.74, 6) is 0.206. The Morgan fingerprint density at radius 3 is 2.35 bits per heavy atom. The Morgan fingerprint density at radius 1 is 1.12 bits per heavy atom. The summed E-state index contributed by atoms with van der Waals surface area (Å²) in [4.78, 5) is 25.2. The fourth-order valence-corrected chi connectivity index (χ4v) is 4.75. The highest BCUT2D eigenvalue weighted by molar-refractivity contribution is 7.91. The fraction of sp³-hybridized carbons (Fsp3) is 0.529. The quantitative estimate of drug-likeness (QED) is 0.702. The molecule has 0 aromatic heterocycles. The predicted octanol–water partition coefficient (Wildman–Crippen LogP) is 0.726. The molecule has 1 saturated heterocycles. The monoisotopic (exact) mass is 382 g/mol. The molecule has 3 rings (SSSR count). The minimum atomic E-state index is -3.09. The Morgan fingerprint density at radius 2 is 1.81 bits per heavy atom. The zero-order chi connectivity index (χ0) is 18.9. The van der Waals surface area contributed by atoms with E-state index in [1.165, 1.54) is 14.2 Å². The van der Waals surface area contributed by atoms with Crippen LogP contribution in [0.2, 0.25) is 0 Å². The number of carbonyl (C=O) groups excluding carboxylic acids is 2. The maximum Gasteiger partial charge on any atom is 0.240 e. The lowest BCUT2D eigenvalue weighted by Gasteiger charge is -2.18. The highest BCUT2D eigenvalue weighted by Gasteiger charge is 2.57. The van der Waals surface area contributed by atoms with Gasteiger partial charge in [-0.3, -0.25) is 9.59 Å². The number of hydrogen-bond donors (Lipinski definition) is 2. The number of anilines is 1. The number of methoxy groups -OCH3 is 2. The van der Waals surface area contributed by atoms with Gasteiger partial charge in [0.05, 0.1) is 25.7 Å². The molecule has 0 bridgehead atoms. The molecule has 1 unspecified atom stereocenters. The summed E-state index contributed by atoms with van der Waals surface area (Å²) in [5.41, 5.74) is -0.630. The molecule has 1 aromatic rings. The largest absolute Gasteiger partial charge is 0.493 e. The van der Waals surface area contributed by atoms with Crippen molar-refractivity contribution in [1.82, 2.24) is 5.32 Å². The Balaban J connectivity index is 1.66. The van der Waals surface area contributed by atoms with E-state index in [0.717, 1.165) is 0 Å². The van der Waals surface area contributed by atoms with E-state index in [4.69, 9.17) is 9.47 Å². The molecule has 1 aliphatic carbocycles. The van der Waals surface area contributed by atoms with Crippen LogP contribution in [-0.4, -0.2) is 52.0 Å². The van der Waals surface area contributed by atoms with Gasteiger partial charge >= 0.3 is 0 Å². The topological polar surface area (TPSA) is 111 Å². The maximum absolute atomic E-state index is 12.6. The van der Waals surface area contributed by atoms with E-state index in [0.29, 0.717) is 36.4 Å². The van der Waals surface area contributed by atoms with Gasteiger partial charge in [-0.15, -0.1) is 0 Å². The zero-order valence-corrected chi connectivity index (χ0v) is 15.5. The molecule has 1 aliphatic heterocycles. The van der Waals surface area contributed by atoms with Gasteiger partial charge in [-0.1, -0.05) is 0 Å². The van der Waals surface area contributed by atoms with E-state index in [1.807, 2.05) is 0 Å². The van der Waals surface area contributed by atoms with E-state index in [-0.39, 0.29) is 11.5 Å². The lowest BCUT2D eigenvalue weighted by Crippen LogP contribution is -2.45. The highest BCUT2D eigenvalue weighted by atomic mass is 32.2. The van der Waals surface area contributed by atoms with Crippen LogP contribution >= 0.6 is 0 Å². The molecule has 2 amide bonds. The van der Waals surface area contributed by atoms with Gasteiger partial charge in [0.25, 0.3) is 0 Å².